The van der Waals surface area contributed by atoms with E-state index in [1.54, 1.807) is 43.5 Å². The van der Waals surface area contributed by atoms with Gasteiger partial charge in [-0.05, 0) is 41.3 Å². The number of ether oxygens (including phenoxy) is 1. The topological polar surface area (TPSA) is 96.0 Å². The highest BCUT2D eigenvalue weighted by atomic mass is 32.2. The molecule has 1 aliphatic rings. The van der Waals surface area contributed by atoms with Crippen LogP contribution in [0.4, 0.5) is 0 Å². The molecule has 2 aromatic rings. The first-order valence-electron chi connectivity index (χ1n) is 10.9. The maximum Gasteiger partial charge on any atom is 0.243 e. The first-order chi connectivity index (χ1) is 15.6. The molecular weight excluding hydrogens is 442 g/mol. The van der Waals surface area contributed by atoms with Crippen molar-refractivity contribution in [2.45, 2.75) is 44.2 Å². The van der Waals surface area contributed by atoms with Gasteiger partial charge in [-0.2, -0.15) is 4.31 Å². The molecule has 9 heteroatoms. The van der Waals surface area contributed by atoms with Crippen LogP contribution >= 0.6 is 0 Å². The summed E-state index contributed by atoms with van der Waals surface area (Å²) in [5, 5.41) is 2.82. The zero-order valence-corrected chi connectivity index (χ0v) is 20.3. The zero-order chi connectivity index (χ0) is 24.2. The lowest BCUT2D eigenvalue weighted by Crippen LogP contribution is -2.61. The van der Waals surface area contributed by atoms with Gasteiger partial charge >= 0.3 is 0 Å². The van der Waals surface area contributed by atoms with E-state index in [1.807, 2.05) is 26.0 Å². The molecule has 0 aliphatic carbocycles. The minimum atomic E-state index is -3.92. The van der Waals surface area contributed by atoms with E-state index in [4.69, 9.17) is 4.74 Å². The summed E-state index contributed by atoms with van der Waals surface area (Å²) in [6.07, 6.45) is 0. The molecule has 0 saturated carbocycles. The lowest BCUT2D eigenvalue weighted by atomic mass is 10.0. The van der Waals surface area contributed by atoms with E-state index in [2.05, 4.69) is 5.32 Å². The lowest BCUT2D eigenvalue weighted by molar-refractivity contribution is -0.134. The molecule has 1 fully saturated rings. The van der Waals surface area contributed by atoms with Crippen molar-refractivity contribution >= 4 is 21.8 Å². The van der Waals surface area contributed by atoms with Gasteiger partial charge in [0.2, 0.25) is 21.8 Å². The molecule has 0 spiro atoms. The number of piperazine rings is 1. The van der Waals surface area contributed by atoms with Gasteiger partial charge in [-0.3, -0.25) is 9.59 Å². The van der Waals surface area contributed by atoms with Crippen LogP contribution in [-0.2, 0) is 26.2 Å². The summed E-state index contributed by atoms with van der Waals surface area (Å²) >= 11 is 0. The van der Waals surface area contributed by atoms with Crippen molar-refractivity contribution in [3.8, 4) is 5.75 Å². The third-order valence-electron chi connectivity index (χ3n) is 5.86. The molecule has 3 rings (SSSR count). The molecule has 1 aliphatic heterocycles. The molecule has 2 aromatic carbocycles. The Morgan fingerprint density at radius 3 is 2.24 bits per heavy atom. The second-order valence-electron chi connectivity index (χ2n) is 8.39. The Morgan fingerprint density at radius 2 is 1.70 bits per heavy atom. The van der Waals surface area contributed by atoms with Crippen LogP contribution in [0.5, 0.6) is 5.75 Å². The van der Waals surface area contributed by atoms with Gasteiger partial charge in [-0.25, -0.2) is 8.42 Å². The molecule has 1 unspecified atom stereocenters. The smallest absolute Gasteiger partial charge is 0.243 e. The first-order valence-corrected chi connectivity index (χ1v) is 12.4. The Kier molecular flexibility index (Phi) is 7.76. The predicted octanol–water partition coefficient (Wildman–Crippen LogP) is 2.36. The number of methoxy groups -OCH3 is 1. The average molecular weight is 474 g/mol. The number of nitrogens with zero attached hydrogens (tertiary/aromatic N) is 2. The van der Waals surface area contributed by atoms with Gasteiger partial charge in [-0.15, -0.1) is 0 Å². The van der Waals surface area contributed by atoms with Crippen molar-refractivity contribution < 1.29 is 22.7 Å². The Hall–Kier alpha value is -2.91. The number of sulfonamides is 1. The van der Waals surface area contributed by atoms with Gasteiger partial charge in [0.05, 0.1) is 12.0 Å². The Balaban J connectivity index is 1.82. The van der Waals surface area contributed by atoms with Gasteiger partial charge < -0.3 is 15.0 Å². The van der Waals surface area contributed by atoms with Gasteiger partial charge in [0.25, 0.3) is 0 Å². The number of amides is 2. The van der Waals surface area contributed by atoms with Gasteiger partial charge in [0.1, 0.15) is 11.8 Å². The number of carbonyl (C=O) groups is 2. The first kappa shape index (κ1) is 24.7. The van der Waals surface area contributed by atoms with Crippen LogP contribution in [-0.4, -0.2) is 62.2 Å². The van der Waals surface area contributed by atoms with Crippen LogP contribution in [0.2, 0.25) is 0 Å². The van der Waals surface area contributed by atoms with Crippen molar-refractivity contribution in [2.75, 3.05) is 26.7 Å². The van der Waals surface area contributed by atoms with E-state index >= 15 is 0 Å². The van der Waals surface area contributed by atoms with E-state index in [-0.39, 0.29) is 42.9 Å². The second-order valence-corrected chi connectivity index (χ2v) is 10.3. The summed E-state index contributed by atoms with van der Waals surface area (Å²) in [6.45, 7) is 6.02. The van der Waals surface area contributed by atoms with Crippen molar-refractivity contribution in [3.63, 3.8) is 0 Å². The van der Waals surface area contributed by atoms with E-state index in [1.165, 1.54) is 16.1 Å². The Bertz CT molecular complexity index is 1080. The summed E-state index contributed by atoms with van der Waals surface area (Å²) in [5.74, 6) is 0.341. The largest absolute Gasteiger partial charge is 0.497 e. The highest BCUT2D eigenvalue weighted by molar-refractivity contribution is 7.89. The molecule has 0 aromatic heterocycles. The monoisotopic (exact) mass is 473 g/mol. The number of hydrogen-bond donors (Lipinski definition) is 1. The van der Waals surface area contributed by atoms with E-state index in [9.17, 15) is 18.0 Å². The maximum absolute atomic E-state index is 13.4. The van der Waals surface area contributed by atoms with E-state index in [0.29, 0.717) is 5.75 Å². The number of carbonyl (C=O) groups excluding carboxylic acids is 2. The summed E-state index contributed by atoms with van der Waals surface area (Å²) < 4.78 is 33.2. The van der Waals surface area contributed by atoms with Crippen LogP contribution in [0.3, 0.4) is 0 Å². The third-order valence-corrected chi connectivity index (χ3v) is 7.78. The number of rotatable bonds is 7. The summed E-state index contributed by atoms with van der Waals surface area (Å²) in [5.41, 5.74) is 1.88. The van der Waals surface area contributed by atoms with E-state index in [0.717, 1.165) is 11.1 Å². The molecule has 1 N–H and O–H groups in total. The Labute approximate surface area is 195 Å². The van der Waals surface area contributed by atoms with Crippen molar-refractivity contribution in [1.29, 1.82) is 0 Å². The van der Waals surface area contributed by atoms with Crippen LogP contribution in [0.25, 0.3) is 0 Å². The van der Waals surface area contributed by atoms with Crippen LogP contribution in [0.15, 0.2) is 53.4 Å². The molecule has 1 saturated heterocycles. The minimum absolute atomic E-state index is 0.00703. The molecule has 0 bridgehead atoms. The summed E-state index contributed by atoms with van der Waals surface area (Å²) in [4.78, 5) is 26.7. The zero-order valence-electron chi connectivity index (χ0n) is 19.4. The highest BCUT2D eigenvalue weighted by Crippen LogP contribution is 2.24. The van der Waals surface area contributed by atoms with Gasteiger partial charge in [0, 0.05) is 33.1 Å². The second kappa shape index (κ2) is 10.4. The van der Waals surface area contributed by atoms with E-state index < -0.39 is 22.0 Å². The fourth-order valence-corrected chi connectivity index (χ4v) is 5.33. The summed E-state index contributed by atoms with van der Waals surface area (Å²) in [6, 6.07) is 13.0. The molecule has 8 nitrogen and oxygen atoms in total. The number of benzene rings is 2. The molecule has 178 valence electrons. The standard InChI is InChI=1S/C24H31N3O5S/c1-17(2)20-7-11-22(12-8-20)33(30,31)27-14-13-26(18(3)28)16-23(27)24(29)25-15-19-5-9-21(32-4)10-6-19/h5-12,17,23H,13-16H2,1-4H3,(H,25,29). The van der Waals surface area contributed by atoms with Crippen LogP contribution in [0, 0.1) is 0 Å². The average Bonchev–Trinajstić information content (AvgIpc) is 2.82. The highest BCUT2D eigenvalue weighted by Gasteiger charge is 2.40. The van der Waals surface area contributed by atoms with Crippen molar-refractivity contribution in [3.05, 3.63) is 59.7 Å². The fourth-order valence-electron chi connectivity index (χ4n) is 3.76. The number of hydrogen-bond acceptors (Lipinski definition) is 5. The SMILES string of the molecule is COc1ccc(CNC(=O)C2CN(C(C)=O)CCN2S(=O)(=O)c2ccc(C(C)C)cc2)cc1. The minimum Gasteiger partial charge on any atom is -0.497 e. The maximum atomic E-state index is 13.4. The fraction of sp³-hybridized carbons (Fsp3) is 0.417. The molecule has 1 heterocycles. The van der Waals surface area contributed by atoms with Crippen molar-refractivity contribution in [1.82, 2.24) is 14.5 Å². The summed E-state index contributed by atoms with van der Waals surface area (Å²) in [7, 11) is -2.35. The molecule has 0 radical (unpaired) electrons. The quantitative estimate of drug-likeness (QED) is 0.666. The van der Waals surface area contributed by atoms with Crippen LogP contribution in [0.1, 0.15) is 37.8 Å². The Morgan fingerprint density at radius 1 is 1.06 bits per heavy atom. The van der Waals surface area contributed by atoms with Gasteiger partial charge in [0.15, 0.2) is 0 Å². The molecular formula is C24H31N3O5S. The predicted molar refractivity (Wildman–Crippen MR) is 125 cm³/mol. The normalized spacial score (nSPS) is 17.1. The molecule has 1 atom stereocenters. The third kappa shape index (κ3) is 5.72. The molecule has 2 amide bonds. The van der Waals surface area contributed by atoms with Crippen molar-refractivity contribution in [2.24, 2.45) is 0 Å². The lowest BCUT2D eigenvalue weighted by Gasteiger charge is -2.39. The number of nitrogens with one attached hydrogen (secondary N) is 1. The van der Waals surface area contributed by atoms with Gasteiger partial charge in [-0.1, -0.05) is 38.1 Å². The van der Waals surface area contributed by atoms with Crippen LogP contribution < -0.4 is 10.1 Å². The molecule has 33 heavy (non-hydrogen) atoms.